The Labute approximate surface area is 132 Å². The quantitative estimate of drug-likeness (QED) is 0.877. The number of alkyl carbamates (subject to hydrolysis) is 1. The van der Waals surface area contributed by atoms with Crippen LogP contribution in [0, 0.1) is 6.92 Å². The molecular formula is C16H26N4O2. The second-order valence-electron chi connectivity index (χ2n) is 6.83. The molecule has 122 valence electrons. The number of pyridine rings is 1. The van der Waals surface area contributed by atoms with Gasteiger partial charge in [-0.3, -0.25) is 4.98 Å². The van der Waals surface area contributed by atoms with E-state index in [4.69, 9.17) is 10.5 Å². The topological polar surface area (TPSA) is 80.5 Å². The van der Waals surface area contributed by atoms with E-state index >= 15 is 0 Å². The van der Waals surface area contributed by atoms with E-state index in [1.165, 1.54) is 0 Å². The van der Waals surface area contributed by atoms with E-state index < -0.39 is 5.60 Å². The maximum Gasteiger partial charge on any atom is 0.407 e. The SMILES string of the molecule is Cc1cncc(N)c1N1CCC[C@H](NC(=O)OC(C)(C)C)C1. The third-order valence-electron chi connectivity index (χ3n) is 3.59. The van der Waals surface area contributed by atoms with E-state index in [-0.39, 0.29) is 12.1 Å². The zero-order valence-electron chi connectivity index (χ0n) is 13.8. The highest BCUT2D eigenvalue weighted by atomic mass is 16.6. The number of hydrogen-bond acceptors (Lipinski definition) is 5. The molecule has 1 aliphatic rings. The molecular weight excluding hydrogens is 280 g/mol. The van der Waals surface area contributed by atoms with Crippen molar-refractivity contribution in [2.24, 2.45) is 0 Å². The van der Waals surface area contributed by atoms with Crippen LogP contribution in [0.5, 0.6) is 0 Å². The smallest absolute Gasteiger partial charge is 0.407 e. The second-order valence-corrected chi connectivity index (χ2v) is 6.83. The molecule has 6 nitrogen and oxygen atoms in total. The number of nitrogens with two attached hydrogens (primary N) is 1. The van der Waals surface area contributed by atoms with Crippen LogP contribution in [0.3, 0.4) is 0 Å². The molecule has 2 rings (SSSR count). The minimum absolute atomic E-state index is 0.0653. The summed E-state index contributed by atoms with van der Waals surface area (Å²) in [5.41, 5.74) is 8.34. The van der Waals surface area contributed by atoms with Gasteiger partial charge in [-0.2, -0.15) is 0 Å². The molecule has 1 saturated heterocycles. The van der Waals surface area contributed by atoms with Crippen molar-refractivity contribution >= 4 is 17.5 Å². The summed E-state index contributed by atoms with van der Waals surface area (Å²) in [5, 5.41) is 2.95. The summed E-state index contributed by atoms with van der Waals surface area (Å²) in [6, 6.07) is 0.0653. The van der Waals surface area contributed by atoms with Crippen molar-refractivity contribution in [2.45, 2.75) is 52.2 Å². The van der Waals surface area contributed by atoms with Crippen LogP contribution in [0.4, 0.5) is 16.2 Å². The third-order valence-corrected chi connectivity index (χ3v) is 3.59. The van der Waals surface area contributed by atoms with Crippen LogP contribution in [-0.4, -0.2) is 35.8 Å². The van der Waals surface area contributed by atoms with Gasteiger partial charge < -0.3 is 20.7 Å². The lowest BCUT2D eigenvalue weighted by Crippen LogP contribution is -2.49. The summed E-state index contributed by atoms with van der Waals surface area (Å²) in [6.07, 6.45) is 5.07. The third kappa shape index (κ3) is 4.26. The molecule has 0 saturated carbocycles. The lowest BCUT2D eigenvalue weighted by molar-refractivity contribution is 0.0500. The summed E-state index contributed by atoms with van der Waals surface area (Å²) in [7, 11) is 0. The van der Waals surface area contributed by atoms with Gasteiger partial charge in [0.25, 0.3) is 0 Å². The Morgan fingerprint density at radius 1 is 1.45 bits per heavy atom. The molecule has 1 aromatic rings. The number of aromatic nitrogens is 1. The summed E-state index contributed by atoms with van der Waals surface area (Å²) in [4.78, 5) is 18.2. The first kappa shape index (κ1) is 16.4. The van der Waals surface area contributed by atoms with Gasteiger partial charge >= 0.3 is 6.09 Å². The average molecular weight is 306 g/mol. The largest absolute Gasteiger partial charge is 0.444 e. The standard InChI is InChI=1S/C16H26N4O2/c1-11-8-18-9-13(17)14(11)20-7-5-6-12(10-20)19-15(21)22-16(2,3)4/h8-9,12H,5-7,10,17H2,1-4H3,(H,19,21)/t12-/m0/s1. The number of nitrogens with one attached hydrogen (secondary N) is 1. The number of hydrogen-bond donors (Lipinski definition) is 2. The fraction of sp³-hybridized carbons (Fsp3) is 0.625. The first-order valence-corrected chi connectivity index (χ1v) is 7.71. The van der Waals surface area contributed by atoms with Crippen molar-refractivity contribution < 1.29 is 9.53 Å². The second kappa shape index (κ2) is 6.42. The molecule has 1 amide bonds. The monoisotopic (exact) mass is 306 g/mol. The lowest BCUT2D eigenvalue weighted by atomic mass is 10.0. The molecule has 1 aliphatic heterocycles. The van der Waals surface area contributed by atoms with Gasteiger partial charge in [0.05, 0.1) is 17.6 Å². The van der Waals surface area contributed by atoms with Crippen LogP contribution in [0.1, 0.15) is 39.2 Å². The fourth-order valence-corrected chi connectivity index (χ4v) is 2.78. The van der Waals surface area contributed by atoms with Crippen molar-refractivity contribution in [3.63, 3.8) is 0 Å². The highest BCUT2D eigenvalue weighted by Crippen LogP contribution is 2.28. The maximum absolute atomic E-state index is 11.9. The highest BCUT2D eigenvalue weighted by Gasteiger charge is 2.25. The minimum Gasteiger partial charge on any atom is -0.444 e. The Hall–Kier alpha value is -1.98. The van der Waals surface area contributed by atoms with Gasteiger partial charge in [-0.05, 0) is 46.1 Å². The van der Waals surface area contributed by atoms with Crippen LogP contribution in [0.25, 0.3) is 0 Å². The Morgan fingerprint density at radius 2 is 2.18 bits per heavy atom. The Morgan fingerprint density at radius 3 is 2.82 bits per heavy atom. The van der Waals surface area contributed by atoms with Crippen molar-refractivity contribution in [1.82, 2.24) is 10.3 Å². The average Bonchev–Trinajstić information content (AvgIpc) is 2.36. The highest BCUT2D eigenvalue weighted by molar-refractivity contribution is 5.71. The van der Waals surface area contributed by atoms with E-state index in [9.17, 15) is 4.79 Å². The number of carbonyl (C=O) groups excluding carboxylic acids is 1. The predicted molar refractivity (Wildman–Crippen MR) is 88.0 cm³/mol. The van der Waals surface area contributed by atoms with Gasteiger partial charge in [-0.15, -0.1) is 0 Å². The van der Waals surface area contributed by atoms with E-state index in [2.05, 4.69) is 15.2 Å². The van der Waals surface area contributed by atoms with E-state index in [0.29, 0.717) is 5.69 Å². The molecule has 0 aliphatic carbocycles. The molecule has 0 unspecified atom stereocenters. The van der Waals surface area contributed by atoms with Gasteiger partial charge in [-0.1, -0.05) is 0 Å². The van der Waals surface area contributed by atoms with Gasteiger partial charge in [-0.25, -0.2) is 4.79 Å². The Bertz CT molecular complexity index is 519. The molecule has 2 heterocycles. The van der Waals surface area contributed by atoms with Gasteiger partial charge in [0.1, 0.15) is 5.60 Å². The number of ether oxygens (including phenoxy) is 1. The van der Waals surface area contributed by atoms with Gasteiger partial charge in [0, 0.05) is 25.3 Å². The summed E-state index contributed by atoms with van der Waals surface area (Å²) >= 11 is 0. The van der Waals surface area contributed by atoms with E-state index in [0.717, 1.165) is 37.2 Å². The fourth-order valence-electron chi connectivity index (χ4n) is 2.78. The molecule has 1 fully saturated rings. The number of rotatable bonds is 2. The zero-order valence-corrected chi connectivity index (χ0v) is 13.8. The van der Waals surface area contributed by atoms with Crippen molar-refractivity contribution in [3.8, 4) is 0 Å². The van der Waals surface area contributed by atoms with Crippen LogP contribution < -0.4 is 16.0 Å². The molecule has 0 radical (unpaired) electrons. The van der Waals surface area contributed by atoms with Crippen molar-refractivity contribution in [3.05, 3.63) is 18.0 Å². The van der Waals surface area contributed by atoms with Crippen LogP contribution in [0.2, 0.25) is 0 Å². The molecule has 0 spiro atoms. The number of nitrogens with zero attached hydrogens (tertiary/aromatic N) is 2. The molecule has 0 bridgehead atoms. The molecule has 1 aromatic heterocycles. The van der Waals surface area contributed by atoms with Crippen molar-refractivity contribution in [1.29, 1.82) is 0 Å². The first-order valence-electron chi connectivity index (χ1n) is 7.71. The summed E-state index contributed by atoms with van der Waals surface area (Å²) < 4.78 is 5.33. The summed E-state index contributed by atoms with van der Waals surface area (Å²) in [5.74, 6) is 0. The molecule has 1 atom stereocenters. The van der Waals surface area contributed by atoms with Gasteiger partial charge in [0.15, 0.2) is 0 Å². The number of nitrogen functional groups attached to an aromatic ring is 1. The van der Waals surface area contributed by atoms with Crippen LogP contribution in [0.15, 0.2) is 12.4 Å². The number of piperidine rings is 1. The first-order chi connectivity index (χ1) is 10.3. The minimum atomic E-state index is -0.482. The Balaban J connectivity index is 2.02. The van der Waals surface area contributed by atoms with E-state index in [1.807, 2.05) is 33.9 Å². The molecule has 22 heavy (non-hydrogen) atoms. The van der Waals surface area contributed by atoms with Crippen LogP contribution >= 0.6 is 0 Å². The number of aryl methyl sites for hydroxylation is 1. The van der Waals surface area contributed by atoms with Crippen molar-refractivity contribution in [2.75, 3.05) is 23.7 Å². The van der Waals surface area contributed by atoms with Gasteiger partial charge in [0.2, 0.25) is 0 Å². The number of anilines is 2. The molecule has 0 aromatic carbocycles. The number of carbonyl (C=O) groups is 1. The normalized spacial score (nSPS) is 18.9. The lowest BCUT2D eigenvalue weighted by Gasteiger charge is -2.36. The van der Waals surface area contributed by atoms with Crippen LogP contribution in [-0.2, 0) is 4.74 Å². The van der Waals surface area contributed by atoms with E-state index in [1.54, 1.807) is 6.20 Å². The summed E-state index contributed by atoms with van der Waals surface area (Å²) in [6.45, 7) is 9.25. The Kier molecular flexibility index (Phi) is 4.78. The zero-order chi connectivity index (χ0) is 16.3. The maximum atomic E-state index is 11.9. The predicted octanol–water partition coefficient (Wildman–Crippen LogP) is 2.47. The molecule has 3 N–H and O–H groups in total. The molecule has 6 heteroatoms. The number of amides is 1.